The van der Waals surface area contributed by atoms with Crippen LogP contribution >= 0.6 is 0 Å². The van der Waals surface area contributed by atoms with Crippen LogP contribution in [0.4, 0.5) is 51.2 Å². The van der Waals surface area contributed by atoms with E-state index in [1.54, 1.807) is 0 Å². The fraction of sp³-hybridized carbons (Fsp3) is 0. The number of nitriles is 2. The minimum Gasteiger partial charge on any atom is -0.453 e. The van der Waals surface area contributed by atoms with Gasteiger partial charge in [0.1, 0.15) is 0 Å². The summed E-state index contributed by atoms with van der Waals surface area (Å²) >= 11 is 0. The van der Waals surface area contributed by atoms with Gasteiger partial charge in [-0.2, -0.15) is 10.5 Å². The Balaban J connectivity index is 0.000000105. The molecule has 0 N–H and O–H groups in total. The lowest BCUT2D eigenvalue weighted by Gasteiger charge is -2.33. The van der Waals surface area contributed by atoms with Gasteiger partial charge in [-0.15, -0.1) is 0 Å². The Hall–Kier alpha value is -20.9. The monoisotopic (exact) mass is 1900 g/mol. The van der Waals surface area contributed by atoms with Gasteiger partial charge in [0.05, 0.1) is 119 Å². The predicted molar refractivity (Wildman–Crippen MR) is 585 cm³/mol. The van der Waals surface area contributed by atoms with Gasteiger partial charge in [0, 0.05) is 72.1 Å². The zero-order valence-electron chi connectivity index (χ0n) is 78.7. The molecule has 0 spiro atoms. The summed E-state index contributed by atoms with van der Waals surface area (Å²) < 4.78 is 45.4. The Morgan fingerprint density at radius 2 is 0.480 bits per heavy atom. The molecule has 0 saturated heterocycles. The first-order valence-electron chi connectivity index (χ1n) is 48.9. The largest absolute Gasteiger partial charge is 0.453 e. The molecule has 18 heteroatoms. The van der Waals surface area contributed by atoms with E-state index in [4.69, 9.17) is 48.4 Å². The van der Waals surface area contributed by atoms with Crippen molar-refractivity contribution >= 4 is 117 Å². The quantitative estimate of drug-likeness (QED) is 0.126. The van der Waals surface area contributed by atoms with Gasteiger partial charge in [-0.3, -0.25) is 4.98 Å². The van der Waals surface area contributed by atoms with Gasteiger partial charge in [0.15, 0.2) is 86.5 Å². The maximum atomic E-state index is 10.2. The van der Waals surface area contributed by atoms with Crippen molar-refractivity contribution in [3.05, 3.63) is 472 Å². The summed E-state index contributed by atoms with van der Waals surface area (Å²) in [6, 6.07) is 159. The van der Waals surface area contributed by atoms with E-state index in [1.165, 1.54) is 16.3 Å². The Morgan fingerprint density at radius 3 is 0.919 bits per heavy atom. The van der Waals surface area contributed by atoms with Crippen LogP contribution < -0.4 is 43.1 Å². The fourth-order valence-electron chi connectivity index (χ4n) is 21.8. The van der Waals surface area contributed by atoms with Crippen molar-refractivity contribution in [2.45, 2.75) is 0 Å². The number of benzene rings is 20. The van der Waals surface area contributed by atoms with Crippen molar-refractivity contribution in [1.82, 2.24) is 33.6 Å². The Morgan fingerprint density at radius 1 is 0.189 bits per heavy atom. The highest BCUT2D eigenvalue weighted by Gasteiger charge is 2.35. The number of anilines is 9. The second kappa shape index (κ2) is 34.0. The van der Waals surface area contributed by atoms with E-state index in [2.05, 4.69) is 265 Å². The first-order chi connectivity index (χ1) is 73.2. The second-order valence-corrected chi connectivity index (χ2v) is 37.0. The van der Waals surface area contributed by atoms with Gasteiger partial charge in [-0.25, -0.2) is 15.0 Å². The summed E-state index contributed by atoms with van der Waals surface area (Å²) in [5, 5.41) is 27.2. The van der Waals surface area contributed by atoms with E-state index in [0.717, 1.165) is 248 Å². The maximum absolute atomic E-state index is 10.2. The van der Waals surface area contributed by atoms with Crippen LogP contribution in [0.15, 0.2) is 461 Å². The van der Waals surface area contributed by atoms with Crippen molar-refractivity contribution in [3.8, 4) is 177 Å². The van der Waals surface area contributed by atoms with E-state index in [0.29, 0.717) is 28.6 Å². The molecule has 11 heterocycles. The molecule has 0 bridgehead atoms. The number of nitrogens with zero attached hydrogens (tertiary/aromatic N) is 12. The average molecular weight is 1900 g/mol. The molecule has 6 aliphatic heterocycles. The van der Waals surface area contributed by atoms with E-state index in [9.17, 15) is 10.5 Å². The van der Waals surface area contributed by atoms with Gasteiger partial charge < -0.3 is 56.8 Å². The Labute approximate surface area is 847 Å². The first kappa shape index (κ1) is 84.1. The summed E-state index contributed by atoms with van der Waals surface area (Å²) in [6.07, 6.45) is 1.88. The normalized spacial score (nSPS) is 12.5. The molecule has 148 heavy (non-hydrogen) atoms. The number of rotatable bonds is 10. The number of pyridine rings is 1. The van der Waals surface area contributed by atoms with Crippen LogP contribution in [0.5, 0.6) is 69.0 Å². The van der Waals surface area contributed by atoms with E-state index < -0.39 is 0 Å². The summed E-state index contributed by atoms with van der Waals surface area (Å²) in [4.78, 5) is 26.8. The number of hydrogen-bond acceptors (Lipinski definition) is 15. The van der Waals surface area contributed by atoms with Gasteiger partial charge in [0.25, 0.3) is 0 Å². The van der Waals surface area contributed by atoms with Crippen molar-refractivity contribution in [3.63, 3.8) is 0 Å². The molecule has 0 aliphatic carbocycles. The molecule has 6 aliphatic rings. The Kier molecular flexibility index (Phi) is 19.3. The fourth-order valence-corrected chi connectivity index (χ4v) is 21.8. The minimum atomic E-state index is 0.508. The summed E-state index contributed by atoms with van der Waals surface area (Å²) in [7, 11) is 0. The number of para-hydroxylation sites is 21. The number of hydrogen-bond donors (Lipinski definition) is 0. The lowest BCUT2D eigenvalue weighted by molar-refractivity contribution is 0.476. The molecule has 0 saturated carbocycles. The van der Waals surface area contributed by atoms with Gasteiger partial charge >= 0.3 is 0 Å². The molecule has 0 fully saturated rings. The molecule has 0 atom stereocenters. The third kappa shape index (κ3) is 13.9. The predicted octanol–water partition coefficient (Wildman–Crippen LogP) is 34.4. The Bertz CT molecular complexity index is 9870. The van der Waals surface area contributed by atoms with Gasteiger partial charge in [-0.05, 0) is 264 Å². The molecule has 0 amide bonds. The SMILES string of the molecule is N#Cc1cc(-c2cc(C#N)cc(N3c4ccccc4Oc4ccccc43)c2)cc(-c2cc3c4c(c2)c2ccccc2n4-c2ccccc2O3)c1.c1cc(-c2cc3c4c(c2)c2ccccc2n4-c2ccccc2O3)cc(-c2cc(N3c4ccccc4Oc4ccccc43)ccn2)c1.c1ccc(-c2nc(-c3cccc(N4c5ccccc5Oc5ccccc54)c3)nc(-c3cc4c5c(c3)c3ccccc3n5-c3ccccc3O4)n2)cc1. The molecular weight excluding hydrogens is 1830 g/mol. The number of fused-ring (bicyclic) bond motifs is 21. The zero-order valence-corrected chi connectivity index (χ0v) is 78.7. The topological polar surface area (TPSA) is 179 Å². The molecular formula is C130H76N12O6. The van der Waals surface area contributed by atoms with E-state index >= 15 is 0 Å². The van der Waals surface area contributed by atoms with Crippen molar-refractivity contribution in [2.24, 2.45) is 0 Å². The maximum Gasteiger partial charge on any atom is 0.164 e. The average Bonchev–Trinajstić information content (AvgIpc) is 1.55. The summed E-state index contributed by atoms with van der Waals surface area (Å²) in [5.41, 5.74) is 29.3. The van der Waals surface area contributed by atoms with E-state index in [1.807, 2.05) is 237 Å². The number of aromatic nitrogens is 7. The highest BCUT2D eigenvalue weighted by atomic mass is 16.5. The minimum absolute atomic E-state index is 0.508. The third-order valence-corrected chi connectivity index (χ3v) is 28.3. The molecule has 692 valence electrons. The third-order valence-electron chi connectivity index (χ3n) is 28.3. The van der Waals surface area contributed by atoms with Crippen LogP contribution in [0, 0.1) is 22.7 Å². The summed E-state index contributed by atoms with van der Waals surface area (Å²) in [6.45, 7) is 0. The first-order valence-corrected chi connectivity index (χ1v) is 48.9. The van der Waals surface area contributed by atoms with Crippen LogP contribution in [0.3, 0.4) is 0 Å². The second-order valence-electron chi connectivity index (χ2n) is 37.0. The van der Waals surface area contributed by atoms with Crippen LogP contribution in [-0.2, 0) is 0 Å². The molecule has 0 radical (unpaired) electrons. The molecule has 25 aromatic rings. The van der Waals surface area contributed by atoms with Crippen LogP contribution in [0.2, 0.25) is 0 Å². The standard InChI is InChI=1S/C45H27N5O2.C44H24N4O2.C41H25N3O2/c1-2-13-28(14-3-1)43-46-44(29-15-12-16-31(25-29)49-35-19-6-9-22-38(35)51-39-23-10-7-20-36(39)49)48-45(47-43)30-26-33-32-17-4-5-18-34(32)50-37-21-8-11-24-40(37)52-41(27-30)42(33)50;45-25-27-17-29(31-19-28(26-46)20-33(22-31)47-37-11-3-6-14-40(37)49-41-15-7-4-12-38(41)47)21-30(18-27)32-23-35-34-9-1-2-10-36(34)48-39-13-5-8-16-42(39)50-43(24-32)44(35)48;1-2-13-33-30(12-1)31-23-28(24-40-41(31)44(33)36-16-5-8-19-39(36)46-40)26-10-9-11-27(22-26)32-25-29(20-21-42-32)43-34-14-3-6-17-37(34)45-38-18-7-4-15-35(38)43/h1-27H;1-24H;1-25H. The van der Waals surface area contributed by atoms with Gasteiger partial charge in [-0.1, -0.05) is 224 Å². The highest BCUT2D eigenvalue weighted by Crippen LogP contribution is 2.58. The smallest absolute Gasteiger partial charge is 0.164 e. The molecule has 18 nitrogen and oxygen atoms in total. The lowest BCUT2D eigenvalue weighted by Crippen LogP contribution is -2.15. The molecule has 0 unspecified atom stereocenters. The van der Waals surface area contributed by atoms with Crippen molar-refractivity contribution < 1.29 is 28.4 Å². The van der Waals surface area contributed by atoms with Crippen molar-refractivity contribution in [2.75, 3.05) is 14.7 Å². The van der Waals surface area contributed by atoms with E-state index in [-0.39, 0.29) is 0 Å². The summed E-state index contributed by atoms with van der Waals surface area (Å²) in [5.74, 6) is 11.3. The lowest BCUT2D eigenvalue weighted by atomic mass is 9.94. The molecule has 20 aromatic carbocycles. The highest BCUT2D eigenvalue weighted by molar-refractivity contribution is 6.17. The van der Waals surface area contributed by atoms with Crippen LogP contribution in [-0.4, -0.2) is 33.6 Å². The molecule has 31 rings (SSSR count). The van der Waals surface area contributed by atoms with Crippen molar-refractivity contribution in [1.29, 1.82) is 10.5 Å². The van der Waals surface area contributed by atoms with Gasteiger partial charge in [0.2, 0.25) is 0 Å². The van der Waals surface area contributed by atoms with Crippen LogP contribution in [0.25, 0.3) is 161 Å². The van der Waals surface area contributed by atoms with Crippen LogP contribution in [0.1, 0.15) is 11.1 Å². The molecule has 5 aromatic heterocycles. The zero-order chi connectivity index (χ0) is 97.7. The number of ether oxygens (including phenoxy) is 6.